The lowest BCUT2D eigenvalue weighted by molar-refractivity contribution is 0.479. The zero-order valence-electron chi connectivity index (χ0n) is 14.1. The van der Waals surface area contributed by atoms with Crippen LogP contribution in [-0.4, -0.2) is 23.1 Å². The van der Waals surface area contributed by atoms with Gasteiger partial charge in [-0.25, -0.2) is 8.42 Å². The molecule has 136 valence electrons. The summed E-state index contributed by atoms with van der Waals surface area (Å²) in [6, 6.07) is 10.7. The van der Waals surface area contributed by atoms with Gasteiger partial charge in [0.1, 0.15) is 10.6 Å². The molecule has 0 aliphatic rings. The second-order valence-electron chi connectivity index (χ2n) is 5.75. The summed E-state index contributed by atoms with van der Waals surface area (Å²) in [7, 11) is -7.74. The van der Waals surface area contributed by atoms with Crippen molar-refractivity contribution in [2.24, 2.45) is 0 Å². The van der Waals surface area contributed by atoms with Crippen molar-refractivity contribution in [3.63, 3.8) is 0 Å². The van der Waals surface area contributed by atoms with Crippen LogP contribution < -0.4 is 4.18 Å². The standard InChI is InChI=1S/C17H19BrO5S2/c1-4-12(2)14-7-5-6-8-16(14)23-25(21,22)17-11-13(24(3,19)20)9-10-15(17)18/h5-12H,4H2,1-3H3. The Balaban J connectivity index is 2.52. The molecule has 0 heterocycles. The molecule has 0 aliphatic heterocycles. The maximum Gasteiger partial charge on any atom is 0.340 e. The van der Waals surface area contributed by atoms with E-state index in [-0.39, 0.29) is 25.9 Å². The summed E-state index contributed by atoms with van der Waals surface area (Å²) in [6.45, 7) is 3.98. The van der Waals surface area contributed by atoms with Crippen LogP contribution in [0.2, 0.25) is 0 Å². The first kappa shape index (κ1) is 19.9. The number of rotatable bonds is 6. The van der Waals surface area contributed by atoms with Gasteiger partial charge in [0, 0.05) is 10.7 Å². The molecule has 0 radical (unpaired) electrons. The van der Waals surface area contributed by atoms with Crippen molar-refractivity contribution >= 4 is 35.9 Å². The summed E-state index contributed by atoms with van der Waals surface area (Å²) in [4.78, 5) is -0.317. The predicted octanol–water partition coefficient (Wildman–Crippen LogP) is 4.13. The van der Waals surface area contributed by atoms with E-state index >= 15 is 0 Å². The Kier molecular flexibility index (Phi) is 5.96. The van der Waals surface area contributed by atoms with Crippen LogP contribution in [0.3, 0.4) is 0 Å². The lowest BCUT2D eigenvalue weighted by Crippen LogP contribution is -2.13. The van der Waals surface area contributed by atoms with Crippen LogP contribution in [0.5, 0.6) is 5.75 Å². The molecule has 0 saturated heterocycles. The first-order chi connectivity index (χ1) is 11.6. The lowest BCUT2D eigenvalue weighted by atomic mass is 9.98. The van der Waals surface area contributed by atoms with E-state index in [4.69, 9.17) is 4.18 Å². The number of hydrogen-bond acceptors (Lipinski definition) is 5. The normalized spacial score (nSPS) is 13.4. The maximum atomic E-state index is 12.7. The molecule has 0 amide bonds. The highest BCUT2D eigenvalue weighted by Crippen LogP contribution is 2.33. The number of halogens is 1. The molecule has 0 spiro atoms. The van der Waals surface area contributed by atoms with Crippen LogP contribution in [0.25, 0.3) is 0 Å². The SMILES string of the molecule is CCC(C)c1ccccc1OS(=O)(=O)c1cc(S(C)(=O)=O)ccc1Br. The Labute approximate surface area is 157 Å². The molecular formula is C17H19BrO5S2. The zero-order valence-corrected chi connectivity index (χ0v) is 17.3. The van der Waals surface area contributed by atoms with Gasteiger partial charge in [-0.1, -0.05) is 32.0 Å². The molecule has 2 aromatic rings. The van der Waals surface area contributed by atoms with Crippen LogP contribution in [0, 0.1) is 0 Å². The average Bonchev–Trinajstić information content (AvgIpc) is 2.53. The Morgan fingerprint density at radius 3 is 2.32 bits per heavy atom. The van der Waals surface area contributed by atoms with Crippen molar-refractivity contribution in [3.8, 4) is 5.75 Å². The van der Waals surface area contributed by atoms with Crippen molar-refractivity contribution in [3.05, 3.63) is 52.5 Å². The van der Waals surface area contributed by atoms with E-state index in [2.05, 4.69) is 15.9 Å². The van der Waals surface area contributed by atoms with Crippen LogP contribution >= 0.6 is 15.9 Å². The summed E-state index contributed by atoms with van der Waals surface area (Å²) in [5, 5.41) is 0. The van der Waals surface area contributed by atoms with Crippen molar-refractivity contribution in [2.75, 3.05) is 6.26 Å². The van der Waals surface area contributed by atoms with Crippen LogP contribution in [-0.2, 0) is 20.0 Å². The van der Waals surface area contributed by atoms with E-state index in [1.165, 1.54) is 12.1 Å². The maximum absolute atomic E-state index is 12.7. The van der Waals surface area contributed by atoms with Crippen molar-refractivity contribution in [2.45, 2.75) is 36.0 Å². The van der Waals surface area contributed by atoms with Gasteiger partial charge >= 0.3 is 10.1 Å². The van der Waals surface area contributed by atoms with E-state index in [9.17, 15) is 16.8 Å². The third-order valence-corrected chi connectivity index (χ3v) is 7.20. The molecular weight excluding hydrogens is 428 g/mol. The van der Waals surface area contributed by atoms with E-state index in [0.29, 0.717) is 0 Å². The molecule has 1 unspecified atom stereocenters. The van der Waals surface area contributed by atoms with Gasteiger partial charge in [0.25, 0.3) is 0 Å². The van der Waals surface area contributed by atoms with Gasteiger partial charge < -0.3 is 4.18 Å². The second kappa shape index (κ2) is 7.47. The average molecular weight is 447 g/mol. The van der Waals surface area contributed by atoms with Crippen LogP contribution in [0.1, 0.15) is 31.7 Å². The molecule has 0 fully saturated rings. The topological polar surface area (TPSA) is 77.5 Å². The monoisotopic (exact) mass is 446 g/mol. The Hall–Kier alpha value is -1.38. The van der Waals surface area contributed by atoms with Crippen LogP contribution in [0.4, 0.5) is 0 Å². The van der Waals surface area contributed by atoms with Gasteiger partial charge in [-0.2, -0.15) is 8.42 Å². The van der Waals surface area contributed by atoms with Gasteiger partial charge in [-0.05, 0) is 58.1 Å². The fourth-order valence-corrected chi connectivity index (χ4v) is 4.87. The minimum atomic E-state index is -4.20. The fraction of sp³-hybridized carbons (Fsp3) is 0.294. The molecule has 5 nitrogen and oxygen atoms in total. The Morgan fingerprint density at radius 2 is 1.72 bits per heavy atom. The number of benzene rings is 2. The quantitative estimate of drug-likeness (QED) is 0.623. The zero-order chi connectivity index (χ0) is 18.8. The van der Waals surface area contributed by atoms with E-state index < -0.39 is 20.0 Å². The summed E-state index contributed by atoms with van der Waals surface area (Å²) in [5.74, 6) is 0.366. The summed E-state index contributed by atoms with van der Waals surface area (Å²) in [6.07, 6.45) is 1.85. The minimum Gasteiger partial charge on any atom is -0.379 e. The molecule has 0 bridgehead atoms. The molecule has 1 atom stereocenters. The third-order valence-electron chi connectivity index (χ3n) is 3.86. The number of para-hydroxylation sites is 1. The lowest BCUT2D eigenvalue weighted by Gasteiger charge is -2.16. The smallest absolute Gasteiger partial charge is 0.340 e. The summed E-state index contributed by atoms with van der Waals surface area (Å²) in [5.41, 5.74) is 0.781. The van der Waals surface area contributed by atoms with Crippen LogP contribution in [0.15, 0.2) is 56.7 Å². The summed E-state index contributed by atoms with van der Waals surface area (Å²) >= 11 is 3.15. The van der Waals surface area contributed by atoms with E-state index in [1.54, 1.807) is 12.1 Å². The molecule has 0 aliphatic carbocycles. The highest BCUT2D eigenvalue weighted by atomic mass is 79.9. The van der Waals surface area contributed by atoms with Gasteiger partial charge in [-0.3, -0.25) is 0 Å². The fourth-order valence-electron chi connectivity index (χ4n) is 2.25. The molecule has 0 aromatic heterocycles. The first-order valence-corrected chi connectivity index (χ1v) is 11.7. The highest BCUT2D eigenvalue weighted by molar-refractivity contribution is 9.10. The van der Waals surface area contributed by atoms with Gasteiger partial charge in [0.2, 0.25) is 0 Å². The first-order valence-electron chi connectivity index (χ1n) is 7.59. The van der Waals surface area contributed by atoms with Gasteiger partial charge in [-0.15, -0.1) is 0 Å². The van der Waals surface area contributed by atoms with Crippen molar-refractivity contribution in [1.82, 2.24) is 0 Å². The molecule has 25 heavy (non-hydrogen) atoms. The minimum absolute atomic E-state index is 0.0897. The molecule has 8 heteroatoms. The summed E-state index contributed by atoms with van der Waals surface area (Å²) < 4.78 is 54.4. The second-order valence-corrected chi connectivity index (χ2v) is 10.1. The van der Waals surface area contributed by atoms with Crippen molar-refractivity contribution < 1.29 is 21.0 Å². The van der Waals surface area contributed by atoms with E-state index in [0.717, 1.165) is 24.3 Å². The number of sulfone groups is 1. The largest absolute Gasteiger partial charge is 0.379 e. The molecule has 0 N–H and O–H groups in total. The highest BCUT2D eigenvalue weighted by Gasteiger charge is 2.24. The van der Waals surface area contributed by atoms with E-state index in [1.807, 2.05) is 26.0 Å². The number of hydrogen-bond donors (Lipinski definition) is 0. The van der Waals surface area contributed by atoms with Crippen molar-refractivity contribution in [1.29, 1.82) is 0 Å². The van der Waals surface area contributed by atoms with Gasteiger partial charge in [0.05, 0.1) is 4.90 Å². The Morgan fingerprint density at radius 1 is 1.08 bits per heavy atom. The Bertz CT molecular complexity index is 982. The van der Waals surface area contributed by atoms with Gasteiger partial charge in [0.15, 0.2) is 9.84 Å². The molecule has 2 rings (SSSR count). The molecule has 2 aromatic carbocycles. The predicted molar refractivity (Wildman–Crippen MR) is 100 cm³/mol. The third kappa shape index (κ3) is 4.62. The molecule has 0 saturated carbocycles.